The number of furan rings is 1. The highest BCUT2D eigenvalue weighted by Gasteiger charge is 2.22. The smallest absolute Gasteiger partial charge is 0.167 e. The Bertz CT molecular complexity index is 3130. The number of nitrogens with zero attached hydrogens (tertiary/aromatic N) is 4. The van der Waals surface area contributed by atoms with Crippen LogP contribution in [0.25, 0.3) is 94.7 Å². The number of benzene rings is 7. The standard InChI is InChI=1S/C45H28N4O/c1-4-15-29(16-5-1)32-22-13-26-37-40(32)33-21-10-11-25-36(33)49(37)38-27-14-28-39-41(38)34-23-12-24-35(42(34)50-39)45-47-43(30-17-6-2-7-18-30)46-44(48-45)31-19-8-3-9-20-31/h1-28H/i2D,6D,7D,17D,18D. The van der Waals surface area contributed by atoms with Crippen molar-refractivity contribution in [3.63, 3.8) is 0 Å². The van der Waals surface area contributed by atoms with Gasteiger partial charge in [-0.15, -0.1) is 0 Å². The average molecular weight is 646 g/mol. The summed E-state index contributed by atoms with van der Waals surface area (Å²) in [7, 11) is 0. The van der Waals surface area contributed by atoms with Gasteiger partial charge in [0.1, 0.15) is 11.2 Å². The third-order valence-electron chi connectivity index (χ3n) is 9.16. The molecule has 0 saturated heterocycles. The van der Waals surface area contributed by atoms with Crippen molar-refractivity contribution in [1.29, 1.82) is 0 Å². The zero-order valence-corrected chi connectivity index (χ0v) is 26.5. The molecule has 3 aromatic heterocycles. The van der Waals surface area contributed by atoms with Crippen LogP contribution in [-0.2, 0) is 0 Å². The highest BCUT2D eigenvalue weighted by atomic mass is 16.3. The Hall–Kier alpha value is -6.85. The van der Waals surface area contributed by atoms with Crippen molar-refractivity contribution in [3.05, 3.63) is 170 Å². The van der Waals surface area contributed by atoms with Crippen molar-refractivity contribution in [3.8, 4) is 51.0 Å². The summed E-state index contributed by atoms with van der Waals surface area (Å²) in [6.07, 6.45) is 0. The minimum Gasteiger partial charge on any atom is -0.455 e. The lowest BCUT2D eigenvalue weighted by atomic mass is 9.99. The second-order valence-electron chi connectivity index (χ2n) is 12.0. The van der Waals surface area contributed by atoms with E-state index in [-0.39, 0.29) is 17.2 Å². The molecule has 10 aromatic rings. The van der Waals surface area contributed by atoms with Gasteiger partial charge in [0.05, 0.1) is 34.5 Å². The molecule has 3 heterocycles. The van der Waals surface area contributed by atoms with E-state index in [1.807, 2.05) is 66.7 Å². The van der Waals surface area contributed by atoms with Gasteiger partial charge in [-0.1, -0.05) is 139 Å². The van der Waals surface area contributed by atoms with Gasteiger partial charge in [0.25, 0.3) is 0 Å². The van der Waals surface area contributed by atoms with E-state index >= 15 is 0 Å². The van der Waals surface area contributed by atoms with E-state index in [1.54, 1.807) is 0 Å². The molecule has 5 heteroatoms. The van der Waals surface area contributed by atoms with E-state index in [2.05, 4.69) is 82.3 Å². The van der Waals surface area contributed by atoms with Crippen LogP contribution in [0.5, 0.6) is 0 Å². The number of para-hydroxylation sites is 2. The predicted molar refractivity (Wildman–Crippen MR) is 203 cm³/mol. The third-order valence-corrected chi connectivity index (χ3v) is 9.16. The highest BCUT2D eigenvalue weighted by molar-refractivity contribution is 6.18. The molecule has 10 rings (SSSR count). The maximum absolute atomic E-state index is 8.70. The van der Waals surface area contributed by atoms with Crippen molar-refractivity contribution in [2.75, 3.05) is 0 Å². The molecule has 7 aromatic carbocycles. The molecule has 0 N–H and O–H groups in total. The monoisotopic (exact) mass is 645 g/mol. The summed E-state index contributed by atoms with van der Waals surface area (Å²) in [4.78, 5) is 14.4. The number of hydrogen-bond acceptors (Lipinski definition) is 4. The van der Waals surface area contributed by atoms with Crippen LogP contribution in [0.15, 0.2) is 174 Å². The van der Waals surface area contributed by atoms with Crippen LogP contribution >= 0.6 is 0 Å². The molecule has 234 valence electrons. The van der Waals surface area contributed by atoms with Crippen molar-refractivity contribution in [2.45, 2.75) is 0 Å². The molecule has 0 amide bonds. The van der Waals surface area contributed by atoms with Crippen molar-refractivity contribution in [2.24, 2.45) is 0 Å². The predicted octanol–water partition coefficient (Wildman–Crippen LogP) is 11.5. The molecule has 0 aliphatic heterocycles. The Morgan fingerprint density at radius 1 is 0.460 bits per heavy atom. The van der Waals surface area contributed by atoms with Gasteiger partial charge >= 0.3 is 0 Å². The van der Waals surface area contributed by atoms with Crippen molar-refractivity contribution < 1.29 is 11.3 Å². The van der Waals surface area contributed by atoms with Gasteiger partial charge in [0.15, 0.2) is 17.5 Å². The first-order valence-corrected chi connectivity index (χ1v) is 16.3. The Labute approximate surface area is 294 Å². The Kier molecular flexibility index (Phi) is 5.35. The van der Waals surface area contributed by atoms with E-state index in [9.17, 15) is 0 Å². The topological polar surface area (TPSA) is 56.7 Å². The molecule has 0 bridgehead atoms. The number of rotatable bonds is 5. The van der Waals surface area contributed by atoms with Gasteiger partial charge in [0, 0.05) is 27.3 Å². The van der Waals surface area contributed by atoms with Gasteiger partial charge < -0.3 is 8.98 Å². The second kappa shape index (κ2) is 11.4. The molecular formula is C45H28N4O. The van der Waals surface area contributed by atoms with Gasteiger partial charge in [-0.3, -0.25) is 0 Å². The highest BCUT2D eigenvalue weighted by Crippen LogP contribution is 2.43. The van der Waals surface area contributed by atoms with Crippen LogP contribution in [-0.4, -0.2) is 19.5 Å². The Morgan fingerprint density at radius 2 is 1.08 bits per heavy atom. The lowest BCUT2D eigenvalue weighted by Gasteiger charge is -2.10. The quantitative estimate of drug-likeness (QED) is 0.187. The van der Waals surface area contributed by atoms with Crippen LogP contribution in [0.2, 0.25) is 0 Å². The molecule has 0 fully saturated rings. The van der Waals surface area contributed by atoms with Crippen molar-refractivity contribution >= 4 is 43.7 Å². The minimum absolute atomic E-state index is 0.0332. The summed E-state index contributed by atoms with van der Waals surface area (Å²) in [5.74, 6) is 0.501. The zero-order chi connectivity index (χ0) is 37.4. The van der Waals surface area contributed by atoms with Crippen molar-refractivity contribution in [1.82, 2.24) is 19.5 Å². The van der Waals surface area contributed by atoms with Gasteiger partial charge in [-0.05, 0) is 41.5 Å². The molecule has 0 aliphatic rings. The Balaban J connectivity index is 1.24. The number of aromatic nitrogens is 4. The van der Waals surface area contributed by atoms with Crippen LogP contribution in [0.3, 0.4) is 0 Å². The summed E-state index contributed by atoms with van der Waals surface area (Å²) in [5, 5.41) is 4.06. The summed E-state index contributed by atoms with van der Waals surface area (Å²) in [6.45, 7) is 0. The summed E-state index contributed by atoms with van der Waals surface area (Å²) < 4.78 is 51.2. The van der Waals surface area contributed by atoms with Crippen LogP contribution in [0.4, 0.5) is 0 Å². The largest absolute Gasteiger partial charge is 0.455 e. The fourth-order valence-corrected chi connectivity index (χ4v) is 7.01. The number of hydrogen-bond donors (Lipinski definition) is 0. The van der Waals surface area contributed by atoms with E-state index in [0.717, 1.165) is 49.4 Å². The molecule has 50 heavy (non-hydrogen) atoms. The minimum atomic E-state index is -0.487. The fourth-order valence-electron chi connectivity index (χ4n) is 7.01. The first kappa shape index (κ1) is 23.5. The molecule has 0 unspecified atom stereocenters. The number of fused-ring (bicyclic) bond motifs is 6. The average Bonchev–Trinajstić information content (AvgIpc) is 3.79. The normalized spacial score (nSPS) is 13.0. The fraction of sp³-hybridized carbons (Fsp3) is 0. The van der Waals surface area contributed by atoms with Crippen LogP contribution in [0.1, 0.15) is 6.85 Å². The molecule has 0 saturated carbocycles. The summed E-state index contributed by atoms with van der Waals surface area (Å²) in [5.41, 5.74) is 7.74. The maximum Gasteiger partial charge on any atom is 0.167 e. The zero-order valence-electron chi connectivity index (χ0n) is 31.5. The SMILES string of the molecule is [2H]c1c([2H])c([2H])c(-c2nc(-c3ccccc3)nc(-c3cccc4c3oc3cccc(-n5c6ccccc6c6c(-c7ccccc7)cccc65)c34)n2)c([2H])c1[2H]. The summed E-state index contributed by atoms with van der Waals surface area (Å²) >= 11 is 0. The maximum atomic E-state index is 8.70. The molecule has 0 spiro atoms. The van der Waals surface area contributed by atoms with E-state index in [1.165, 1.54) is 0 Å². The van der Waals surface area contributed by atoms with Gasteiger partial charge in [-0.25, -0.2) is 15.0 Å². The Morgan fingerprint density at radius 3 is 1.90 bits per heavy atom. The van der Waals surface area contributed by atoms with E-state index in [4.69, 9.17) is 21.2 Å². The van der Waals surface area contributed by atoms with E-state index < -0.39 is 30.2 Å². The second-order valence-corrected chi connectivity index (χ2v) is 12.0. The lowest BCUT2D eigenvalue weighted by molar-refractivity contribution is 0.669. The lowest BCUT2D eigenvalue weighted by Crippen LogP contribution is -2.00. The van der Waals surface area contributed by atoms with Crippen LogP contribution < -0.4 is 0 Å². The molecular weight excluding hydrogens is 613 g/mol. The molecule has 0 radical (unpaired) electrons. The van der Waals surface area contributed by atoms with Gasteiger partial charge in [-0.2, -0.15) is 0 Å². The van der Waals surface area contributed by atoms with Crippen LogP contribution in [0, 0.1) is 0 Å². The van der Waals surface area contributed by atoms with E-state index in [0.29, 0.717) is 28.1 Å². The summed E-state index contributed by atoms with van der Waals surface area (Å²) in [6, 6.07) is 44.3. The molecule has 0 atom stereocenters. The third kappa shape index (κ3) is 4.45. The van der Waals surface area contributed by atoms with Gasteiger partial charge in [0.2, 0.25) is 0 Å². The first-order valence-electron chi connectivity index (χ1n) is 18.8. The first-order chi connectivity index (χ1) is 26.9. The molecule has 5 nitrogen and oxygen atoms in total. The molecule has 0 aliphatic carbocycles.